The van der Waals surface area contributed by atoms with E-state index in [4.69, 9.17) is 5.73 Å². The second-order valence-corrected chi connectivity index (χ2v) is 4.76. The van der Waals surface area contributed by atoms with Crippen molar-refractivity contribution in [2.24, 2.45) is 5.73 Å². The van der Waals surface area contributed by atoms with Crippen LogP contribution in [0.5, 0.6) is 0 Å². The molecule has 1 atom stereocenters. The Morgan fingerprint density at radius 3 is 2.80 bits per heavy atom. The van der Waals surface area contributed by atoms with Gasteiger partial charge in [0.25, 0.3) is 0 Å². The first-order valence-electron chi connectivity index (χ1n) is 5.24. The Hall–Kier alpha value is -0.510. The van der Waals surface area contributed by atoms with E-state index in [9.17, 15) is 5.11 Å². The van der Waals surface area contributed by atoms with Gasteiger partial charge in [0.15, 0.2) is 0 Å². The average Bonchev–Trinajstić information content (AvgIpc) is 2.26. The maximum atomic E-state index is 9.27. The van der Waals surface area contributed by atoms with Gasteiger partial charge in [-0.15, -0.1) is 0 Å². The quantitative estimate of drug-likeness (QED) is 0.727. The monoisotopic (exact) mass is 225 g/mol. The van der Waals surface area contributed by atoms with Gasteiger partial charge in [-0.2, -0.15) is 11.8 Å². The fraction of sp³-hybridized carbons (Fsp3) is 0.500. The Kier molecular flexibility index (Phi) is 5.76. The van der Waals surface area contributed by atoms with Gasteiger partial charge in [-0.05, 0) is 30.2 Å². The Morgan fingerprint density at radius 1 is 1.40 bits per heavy atom. The van der Waals surface area contributed by atoms with Crippen LogP contribution in [0.1, 0.15) is 17.5 Å². The van der Waals surface area contributed by atoms with Crippen LogP contribution in [-0.2, 0) is 5.75 Å². The van der Waals surface area contributed by atoms with Crippen LogP contribution in [0.3, 0.4) is 0 Å². The number of thioether (sulfide) groups is 1. The van der Waals surface area contributed by atoms with Gasteiger partial charge in [0, 0.05) is 12.3 Å². The summed E-state index contributed by atoms with van der Waals surface area (Å²) in [6, 6.07) is 8.41. The molecular formula is C12H19NOS. The lowest BCUT2D eigenvalue weighted by molar-refractivity contribution is 0.180. The summed E-state index contributed by atoms with van der Waals surface area (Å²) in [5, 5.41) is 9.27. The van der Waals surface area contributed by atoms with Gasteiger partial charge in [-0.1, -0.05) is 24.3 Å². The summed E-state index contributed by atoms with van der Waals surface area (Å²) < 4.78 is 0. The number of benzene rings is 1. The fourth-order valence-corrected chi connectivity index (χ4v) is 2.42. The topological polar surface area (TPSA) is 46.2 Å². The summed E-state index contributed by atoms with van der Waals surface area (Å²) >= 11 is 1.85. The third-order valence-corrected chi connectivity index (χ3v) is 3.43. The number of nitrogens with two attached hydrogens (primary N) is 1. The van der Waals surface area contributed by atoms with Crippen molar-refractivity contribution in [1.29, 1.82) is 0 Å². The molecule has 3 heteroatoms. The number of aliphatic hydroxyl groups excluding tert-OH is 1. The minimum Gasteiger partial charge on any atom is -0.392 e. The van der Waals surface area contributed by atoms with Crippen LogP contribution in [0, 0.1) is 6.92 Å². The molecule has 0 heterocycles. The molecule has 0 aliphatic rings. The second kappa shape index (κ2) is 6.88. The molecule has 84 valence electrons. The van der Waals surface area contributed by atoms with Crippen molar-refractivity contribution in [2.75, 3.05) is 12.3 Å². The Bertz CT molecular complexity index is 291. The summed E-state index contributed by atoms with van der Waals surface area (Å²) in [6.45, 7) is 2.50. The van der Waals surface area contributed by atoms with E-state index in [0.29, 0.717) is 6.54 Å². The highest BCUT2D eigenvalue weighted by molar-refractivity contribution is 7.98. The van der Waals surface area contributed by atoms with Gasteiger partial charge < -0.3 is 10.8 Å². The first-order valence-corrected chi connectivity index (χ1v) is 6.40. The van der Waals surface area contributed by atoms with E-state index in [1.54, 1.807) is 0 Å². The largest absolute Gasteiger partial charge is 0.392 e. The molecule has 0 aromatic heterocycles. The van der Waals surface area contributed by atoms with Crippen molar-refractivity contribution >= 4 is 11.8 Å². The predicted octanol–water partition coefficient (Wildman–Crippen LogP) is 1.94. The smallest absolute Gasteiger partial charge is 0.0670 e. The maximum Gasteiger partial charge on any atom is 0.0670 e. The number of aliphatic hydroxyl groups is 1. The van der Waals surface area contributed by atoms with E-state index in [0.717, 1.165) is 17.9 Å². The summed E-state index contributed by atoms with van der Waals surface area (Å²) in [4.78, 5) is 0. The Morgan fingerprint density at radius 2 is 2.13 bits per heavy atom. The molecule has 1 aromatic rings. The third kappa shape index (κ3) is 4.69. The zero-order valence-electron chi connectivity index (χ0n) is 9.15. The number of hydrogen-bond donors (Lipinski definition) is 2. The highest BCUT2D eigenvalue weighted by Crippen LogP contribution is 2.16. The van der Waals surface area contributed by atoms with Gasteiger partial charge in [-0.25, -0.2) is 0 Å². The normalized spacial score (nSPS) is 12.7. The van der Waals surface area contributed by atoms with Crippen LogP contribution in [0.25, 0.3) is 0 Å². The maximum absolute atomic E-state index is 9.27. The molecule has 0 saturated carbocycles. The zero-order valence-corrected chi connectivity index (χ0v) is 9.96. The van der Waals surface area contributed by atoms with E-state index in [1.165, 1.54) is 11.1 Å². The number of hydrogen-bond acceptors (Lipinski definition) is 3. The van der Waals surface area contributed by atoms with Crippen molar-refractivity contribution in [2.45, 2.75) is 25.2 Å². The predicted molar refractivity (Wildman–Crippen MR) is 67.0 cm³/mol. The van der Waals surface area contributed by atoms with E-state index in [-0.39, 0.29) is 6.10 Å². The van der Waals surface area contributed by atoms with Gasteiger partial charge >= 0.3 is 0 Å². The highest BCUT2D eigenvalue weighted by atomic mass is 32.2. The summed E-state index contributed by atoms with van der Waals surface area (Å²) in [6.07, 6.45) is 0.446. The molecule has 1 unspecified atom stereocenters. The Labute approximate surface area is 95.9 Å². The first kappa shape index (κ1) is 12.6. The van der Waals surface area contributed by atoms with Crippen molar-refractivity contribution in [3.8, 4) is 0 Å². The van der Waals surface area contributed by atoms with E-state index < -0.39 is 0 Å². The van der Waals surface area contributed by atoms with Crippen molar-refractivity contribution in [1.82, 2.24) is 0 Å². The standard InChI is InChI=1S/C12H19NOS/c1-10-4-2-3-5-11(10)9-15-7-6-12(14)8-13/h2-5,12,14H,6-9,13H2,1H3. The van der Waals surface area contributed by atoms with E-state index >= 15 is 0 Å². The molecule has 3 N–H and O–H groups in total. The lowest BCUT2D eigenvalue weighted by Crippen LogP contribution is -2.20. The lowest BCUT2D eigenvalue weighted by atomic mass is 10.1. The first-order chi connectivity index (χ1) is 7.24. The summed E-state index contributed by atoms with van der Waals surface area (Å²) in [7, 11) is 0. The molecule has 2 nitrogen and oxygen atoms in total. The van der Waals surface area contributed by atoms with Crippen LogP contribution in [0.4, 0.5) is 0 Å². The molecule has 0 saturated heterocycles. The molecule has 0 fully saturated rings. The van der Waals surface area contributed by atoms with Gasteiger partial charge in [0.1, 0.15) is 0 Å². The van der Waals surface area contributed by atoms with Crippen molar-refractivity contribution in [3.05, 3.63) is 35.4 Å². The second-order valence-electron chi connectivity index (χ2n) is 3.66. The molecule has 0 radical (unpaired) electrons. The summed E-state index contributed by atoms with van der Waals surface area (Å²) in [5.41, 5.74) is 8.05. The minimum atomic E-state index is -0.339. The molecule has 1 rings (SSSR count). The average molecular weight is 225 g/mol. The zero-order chi connectivity index (χ0) is 11.1. The molecular weight excluding hydrogens is 206 g/mol. The molecule has 1 aromatic carbocycles. The van der Waals surface area contributed by atoms with Crippen LogP contribution in [-0.4, -0.2) is 23.5 Å². The van der Waals surface area contributed by atoms with Gasteiger partial charge in [0.05, 0.1) is 6.10 Å². The molecule has 15 heavy (non-hydrogen) atoms. The number of aryl methyl sites for hydroxylation is 1. The van der Waals surface area contributed by atoms with Crippen LogP contribution >= 0.6 is 11.8 Å². The Balaban J connectivity index is 2.23. The van der Waals surface area contributed by atoms with Crippen molar-refractivity contribution in [3.63, 3.8) is 0 Å². The number of rotatable bonds is 6. The molecule has 0 amide bonds. The third-order valence-electron chi connectivity index (χ3n) is 2.39. The van der Waals surface area contributed by atoms with E-state index in [2.05, 4.69) is 31.2 Å². The fourth-order valence-electron chi connectivity index (χ4n) is 1.29. The van der Waals surface area contributed by atoms with Crippen LogP contribution < -0.4 is 5.73 Å². The van der Waals surface area contributed by atoms with Crippen LogP contribution in [0.2, 0.25) is 0 Å². The van der Waals surface area contributed by atoms with E-state index in [1.807, 2.05) is 11.8 Å². The highest BCUT2D eigenvalue weighted by Gasteiger charge is 2.01. The summed E-state index contributed by atoms with van der Waals surface area (Å²) in [5.74, 6) is 1.98. The lowest BCUT2D eigenvalue weighted by Gasteiger charge is -2.08. The van der Waals surface area contributed by atoms with Gasteiger partial charge in [0.2, 0.25) is 0 Å². The SMILES string of the molecule is Cc1ccccc1CSCCC(O)CN. The van der Waals surface area contributed by atoms with Gasteiger partial charge in [-0.3, -0.25) is 0 Å². The molecule has 0 bridgehead atoms. The molecule has 0 aliphatic carbocycles. The molecule has 0 aliphatic heterocycles. The van der Waals surface area contributed by atoms with Crippen LogP contribution in [0.15, 0.2) is 24.3 Å². The molecule has 0 spiro atoms. The minimum absolute atomic E-state index is 0.339. The van der Waals surface area contributed by atoms with Crippen molar-refractivity contribution < 1.29 is 5.11 Å².